The van der Waals surface area contributed by atoms with Gasteiger partial charge in [0.05, 0.1) is 16.8 Å². The summed E-state index contributed by atoms with van der Waals surface area (Å²) in [5.41, 5.74) is 0.860. The van der Waals surface area contributed by atoms with Gasteiger partial charge >= 0.3 is 0 Å². The van der Waals surface area contributed by atoms with E-state index in [4.69, 9.17) is 22.8 Å². The molecule has 0 aliphatic carbocycles. The van der Waals surface area contributed by atoms with E-state index in [2.05, 4.69) is 10.9 Å². The quantitative estimate of drug-likeness (QED) is 0.654. The number of halogens is 2. The Morgan fingerprint density at radius 2 is 2.08 bits per heavy atom. The number of rotatable bonds is 4. The molecule has 0 unspecified atom stereocenters. The van der Waals surface area contributed by atoms with Crippen LogP contribution in [0, 0.1) is 18.2 Å². The first-order valence-corrected chi connectivity index (χ1v) is 8.44. The fourth-order valence-corrected chi connectivity index (χ4v) is 3.51. The fourth-order valence-electron chi connectivity index (χ4n) is 2.19. The highest BCUT2D eigenvalue weighted by atomic mass is 35.5. The van der Waals surface area contributed by atoms with Crippen LogP contribution in [-0.4, -0.2) is 17.1 Å². The van der Waals surface area contributed by atoms with Crippen molar-refractivity contribution in [3.8, 4) is 18.1 Å². The number of ether oxygens (including phenoxy) is 1. The van der Waals surface area contributed by atoms with E-state index in [1.54, 1.807) is 16.7 Å². The van der Waals surface area contributed by atoms with Gasteiger partial charge in [0.25, 0.3) is 5.91 Å². The smallest absolute Gasteiger partial charge is 0.286 e. The molecule has 0 saturated heterocycles. The van der Waals surface area contributed by atoms with Crippen LogP contribution in [0.4, 0.5) is 4.39 Å². The van der Waals surface area contributed by atoms with Gasteiger partial charge in [-0.3, -0.25) is 4.79 Å². The molecule has 4 nitrogen and oxygen atoms in total. The fraction of sp³-hybridized carbons (Fsp3) is 0.111. The number of fused-ring (bicyclic) bond motifs is 1. The summed E-state index contributed by atoms with van der Waals surface area (Å²) in [6.07, 6.45) is 5.41. The van der Waals surface area contributed by atoms with Gasteiger partial charge in [0, 0.05) is 5.02 Å². The molecular formula is C18H12ClFN2O2S. The van der Waals surface area contributed by atoms with Crippen molar-refractivity contribution in [2.24, 2.45) is 4.99 Å². The van der Waals surface area contributed by atoms with Crippen molar-refractivity contribution in [3.05, 3.63) is 58.1 Å². The van der Waals surface area contributed by atoms with E-state index in [9.17, 15) is 9.18 Å². The molecule has 1 aromatic heterocycles. The minimum atomic E-state index is -0.465. The van der Waals surface area contributed by atoms with Gasteiger partial charge in [-0.25, -0.2) is 4.39 Å². The molecule has 7 heteroatoms. The predicted molar refractivity (Wildman–Crippen MR) is 96.1 cm³/mol. The Morgan fingerprint density at radius 3 is 2.80 bits per heavy atom. The summed E-state index contributed by atoms with van der Waals surface area (Å²) in [4.78, 5) is 16.7. The Hall–Kier alpha value is -2.62. The summed E-state index contributed by atoms with van der Waals surface area (Å²) in [7, 11) is 0. The first-order chi connectivity index (χ1) is 12.1. The third-order valence-corrected chi connectivity index (χ3v) is 4.57. The summed E-state index contributed by atoms with van der Waals surface area (Å²) in [6, 6.07) is 10.8. The van der Waals surface area contributed by atoms with Gasteiger partial charge in [0.2, 0.25) is 0 Å². The maximum atomic E-state index is 12.9. The van der Waals surface area contributed by atoms with Crippen molar-refractivity contribution in [1.29, 1.82) is 0 Å². The number of terminal acetylenes is 1. The second kappa shape index (κ2) is 7.51. The number of amides is 1. The van der Waals surface area contributed by atoms with Crippen molar-refractivity contribution in [2.75, 3.05) is 6.61 Å². The number of hydrogen-bond donors (Lipinski definition) is 0. The second-order valence-electron chi connectivity index (χ2n) is 5.04. The Bertz CT molecular complexity index is 1030. The van der Waals surface area contributed by atoms with Gasteiger partial charge in [0.15, 0.2) is 11.4 Å². The number of hydrogen-bond acceptors (Lipinski definition) is 3. The zero-order chi connectivity index (χ0) is 17.8. The minimum Gasteiger partial charge on any atom is -0.484 e. The molecule has 1 heterocycles. The average Bonchev–Trinajstić information content (AvgIpc) is 2.91. The highest BCUT2D eigenvalue weighted by Crippen LogP contribution is 2.21. The average molecular weight is 375 g/mol. The number of thiazole rings is 1. The van der Waals surface area contributed by atoms with Crippen molar-refractivity contribution in [1.82, 2.24) is 4.57 Å². The van der Waals surface area contributed by atoms with Crippen molar-refractivity contribution >= 4 is 39.1 Å². The van der Waals surface area contributed by atoms with E-state index in [1.807, 2.05) is 6.07 Å². The standard InChI is InChI=1S/C18H12ClFN2O2S/c1-2-9-22-15-8-3-12(19)10-16(15)25-18(22)21-17(23)11-24-14-6-4-13(20)5-7-14/h1,3-8,10H,9,11H2. The molecule has 3 rings (SSSR count). The number of carbonyl (C=O) groups excluding carboxylic acids is 1. The van der Waals surface area contributed by atoms with E-state index < -0.39 is 5.91 Å². The molecule has 0 aliphatic heterocycles. The molecule has 0 aliphatic rings. The Labute approximate surface area is 152 Å². The van der Waals surface area contributed by atoms with Crippen molar-refractivity contribution in [3.63, 3.8) is 0 Å². The monoisotopic (exact) mass is 374 g/mol. The summed E-state index contributed by atoms with van der Waals surface area (Å²) < 4.78 is 20.8. The molecule has 126 valence electrons. The lowest BCUT2D eigenvalue weighted by molar-refractivity contribution is -0.120. The molecule has 0 spiro atoms. The highest BCUT2D eigenvalue weighted by molar-refractivity contribution is 7.16. The topological polar surface area (TPSA) is 43.6 Å². The van der Waals surface area contributed by atoms with Gasteiger partial charge in [0.1, 0.15) is 11.6 Å². The van der Waals surface area contributed by atoms with Crippen LogP contribution in [0.15, 0.2) is 47.5 Å². The van der Waals surface area contributed by atoms with Gasteiger partial charge in [-0.15, -0.1) is 6.42 Å². The summed E-state index contributed by atoms with van der Waals surface area (Å²) in [5.74, 6) is 2.11. The lowest BCUT2D eigenvalue weighted by atomic mass is 10.3. The molecule has 0 radical (unpaired) electrons. The van der Waals surface area contributed by atoms with E-state index >= 15 is 0 Å². The van der Waals surface area contributed by atoms with Crippen molar-refractivity contribution < 1.29 is 13.9 Å². The molecule has 0 fully saturated rings. The molecule has 0 bridgehead atoms. The largest absolute Gasteiger partial charge is 0.484 e. The zero-order valence-electron chi connectivity index (χ0n) is 12.9. The van der Waals surface area contributed by atoms with Gasteiger partial charge in [-0.2, -0.15) is 4.99 Å². The number of nitrogens with zero attached hydrogens (tertiary/aromatic N) is 2. The molecule has 0 atom stereocenters. The van der Waals surface area contributed by atoms with Crippen LogP contribution in [0.1, 0.15) is 0 Å². The van der Waals surface area contributed by atoms with E-state index in [1.165, 1.54) is 35.6 Å². The maximum Gasteiger partial charge on any atom is 0.286 e. The van der Waals surface area contributed by atoms with Crippen LogP contribution in [0.2, 0.25) is 5.02 Å². The first-order valence-electron chi connectivity index (χ1n) is 7.25. The van der Waals surface area contributed by atoms with Gasteiger partial charge in [-0.1, -0.05) is 28.9 Å². The Balaban J connectivity index is 1.86. The van der Waals surface area contributed by atoms with Gasteiger partial charge < -0.3 is 9.30 Å². The number of aromatic nitrogens is 1. The minimum absolute atomic E-state index is 0.253. The lowest BCUT2D eigenvalue weighted by Gasteiger charge is -2.03. The number of benzene rings is 2. The Morgan fingerprint density at radius 1 is 1.32 bits per heavy atom. The summed E-state index contributed by atoms with van der Waals surface area (Å²) >= 11 is 7.32. The summed E-state index contributed by atoms with van der Waals surface area (Å²) in [6.45, 7) is 0.0310. The number of carbonyl (C=O) groups is 1. The van der Waals surface area contributed by atoms with Crippen LogP contribution >= 0.6 is 22.9 Å². The van der Waals surface area contributed by atoms with Gasteiger partial charge in [-0.05, 0) is 42.5 Å². The summed E-state index contributed by atoms with van der Waals surface area (Å²) in [5, 5.41) is 0.596. The van der Waals surface area contributed by atoms with E-state index in [0.717, 1.165) is 10.2 Å². The van der Waals surface area contributed by atoms with E-state index in [0.29, 0.717) is 15.6 Å². The normalized spacial score (nSPS) is 11.5. The molecule has 25 heavy (non-hydrogen) atoms. The molecular weight excluding hydrogens is 363 g/mol. The van der Waals surface area contributed by atoms with E-state index in [-0.39, 0.29) is 19.0 Å². The van der Waals surface area contributed by atoms with Crippen LogP contribution in [0.25, 0.3) is 10.2 Å². The predicted octanol–water partition coefficient (Wildman–Crippen LogP) is 3.63. The third kappa shape index (κ3) is 4.08. The SMILES string of the molecule is C#CCn1c(=NC(=O)COc2ccc(F)cc2)sc2cc(Cl)ccc21. The Kier molecular flexibility index (Phi) is 5.17. The highest BCUT2D eigenvalue weighted by Gasteiger charge is 2.08. The first kappa shape index (κ1) is 17.2. The van der Waals surface area contributed by atoms with Crippen molar-refractivity contribution in [2.45, 2.75) is 6.54 Å². The molecule has 0 N–H and O–H groups in total. The molecule has 1 amide bonds. The van der Waals surface area contributed by atoms with Crippen LogP contribution in [-0.2, 0) is 11.3 Å². The lowest BCUT2D eigenvalue weighted by Crippen LogP contribution is -2.19. The van der Waals surface area contributed by atoms with Crippen LogP contribution < -0.4 is 9.54 Å². The van der Waals surface area contributed by atoms with Crippen LogP contribution in [0.5, 0.6) is 5.75 Å². The van der Waals surface area contributed by atoms with Crippen LogP contribution in [0.3, 0.4) is 0 Å². The maximum absolute atomic E-state index is 12.9. The zero-order valence-corrected chi connectivity index (χ0v) is 14.5. The molecule has 3 aromatic rings. The molecule has 2 aromatic carbocycles. The second-order valence-corrected chi connectivity index (χ2v) is 6.48. The molecule has 0 saturated carbocycles. The third-order valence-electron chi connectivity index (χ3n) is 3.29.